The van der Waals surface area contributed by atoms with E-state index in [0.717, 1.165) is 5.54 Å². The first-order chi connectivity index (χ1) is 5.44. The lowest BCUT2D eigenvalue weighted by atomic mass is 10.6. The number of rotatable bonds is 3. The fourth-order valence-corrected chi connectivity index (χ4v) is 235. The molecule has 0 spiro atoms. The summed E-state index contributed by atoms with van der Waals surface area (Å²) in [6.45, 7) is 4.88. The topological polar surface area (TPSA) is 0 Å². The molecule has 0 unspecified atom stereocenters. The van der Waals surface area contributed by atoms with Crippen molar-refractivity contribution in [3.63, 3.8) is 0 Å². The van der Waals surface area contributed by atoms with Crippen molar-refractivity contribution in [2.75, 3.05) is 0 Å². The lowest BCUT2D eigenvalue weighted by molar-refractivity contribution is 1.06. The van der Waals surface area contributed by atoms with Crippen LogP contribution in [0.25, 0.3) is 0 Å². The molecule has 0 aromatic heterocycles. The van der Waals surface area contributed by atoms with E-state index in [2.05, 4.69) is 166 Å². The predicted molar refractivity (Wildman–Crippen MR) is 130 cm³/mol. The zero-order valence-electron chi connectivity index (χ0n) is 6.72. The SMILES string of the molecule is CC(C)[Si](I)([Si](I)(I)I)[Si](I)(I)I. The van der Waals surface area contributed by atoms with Gasteiger partial charge in [0.15, 0.2) is 4.61 Å². The van der Waals surface area contributed by atoms with Crippen molar-refractivity contribution >= 4 is 157 Å². The summed E-state index contributed by atoms with van der Waals surface area (Å²) in [5.74, 6) is 0. The van der Waals surface area contributed by atoms with Gasteiger partial charge in [0, 0.05) is 0 Å². The normalized spacial score (nSPS) is 15.2. The molecule has 13 heavy (non-hydrogen) atoms. The minimum Gasteiger partial charge on any atom is -0.119 e. The van der Waals surface area contributed by atoms with Crippen LogP contribution >= 0.6 is 153 Å². The highest BCUT2D eigenvalue weighted by molar-refractivity contribution is 14.4. The van der Waals surface area contributed by atoms with E-state index < -0.39 is 4.77 Å². The second-order valence-corrected chi connectivity index (χ2v) is 114. The maximum absolute atomic E-state index is 2.90. The maximum Gasteiger partial charge on any atom is 0.253 e. The Morgan fingerprint density at radius 2 is 0.923 bits per heavy atom. The molecule has 0 fully saturated rings. The largest absolute Gasteiger partial charge is 0.253 e. The third-order valence-electron chi connectivity index (χ3n) is 1.62. The Morgan fingerprint density at radius 1 is 0.692 bits per heavy atom. The van der Waals surface area contributed by atoms with Crippen molar-refractivity contribution in [1.82, 2.24) is 0 Å². The molecule has 0 amide bonds. The average Bonchev–Trinajstić information content (AvgIpc) is 1.80. The fraction of sp³-hybridized carbons (Fsp3) is 1.00. The first kappa shape index (κ1) is 18.8. The van der Waals surface area contributed by atoms with Gasteiger partial charge in [-0.2, -0.15) is 0 Å². The predicted octanol–water partition coefficient (Wildman–Crippen LogP) is 6.42. The van der Waals surface area contributed by atoms with E-state index in [1.165, 1.54) is 0 Å². The molecule has 0 nitrogen and oxygen atoms in total. The van der Waals surface area contributed by atoms with Crippen molar-refractivity contribution in [2.24, 2.45) is 0 Å². The van der Waals surface area contributed by atoms with Crippen LogP contribution in [0.1, 0.15) is 13.8 Å². The van der Waals surface area contributed by atoms with Gasteiger partial charge in [-0.05, 0) is 5.54 Å². The van der Waals surface area contributed by atoms with Crippen LogP contribution < -0.4 is 0 Å². The third-order valence-corrected chi connectivity index (χ3v) is 167. The van der Waals surface area contributed by atoms with E-state index in [1.54, 1.807) is 0 Å². The summed E-state index contributed by atoms with van der Waals surface area (Å²) in [5.41, 5.74) is 0.919. The second-order valence-electron chi connectivity index (χ2n) is 2.86. The van der Waals surface area contributed by atoms with E-state index in [1.807, 2.05) is 0 Å². The van der Waals surface area contributed by atoms with Gasteiger partial charge < -0.3 is 0 Å². The fourth-order valence-electron chi connectivity index (χ4n) is 0.815. The highest BCUT2D eigenvalue weighted by Crippen LogP contribution is 2.58. The molecule has 0 heterocycles. The van der Waals surface area contributed by atoms with E-state index in [-0.39, 0.29) is 0 Å². The van der Waals surface area contributed by atoms with Gasteiger partial charge in [-0.3, -0.25) is 0 Å². The molecular weight excluding hydrogens is 1010 g/mol. The van der Waals surface area contributed by atoms with Crippen LogP contribution in [0.3, 0.4) is 0 Å². The molecule has 0 bridgehead atoms. The van der Waals surface area contributed by atoms with Crippen LogP contribution in [0, 0.1) is 0 Å². The highest BCUT2D eigenvalue weighted by Gasteiger charge is 2.64. The summed E-state index contributed by atoms with van der Waals surface area (Å²) < 4.78 is -3.13. The van der Waals surface area contributed by atoms with Crippen molar-refractivity contribution in [2.45, 2.75) is 19.4 Å². The minimum atomic E-state index is -1.06. The molecule has 0 N–H and O–H groups in total. The average molecular weight is 1020 g/mol. The van der Waals surface area contributed by atoms with Crippen LogP contribution in [-0.2, 0) is 0 Å². The zero-order valence-corrected chi connectivity index (χ0v) is 24.8. The van der Waals surface area contributed by atoms with Gasteiger partial charge in [0.2, 0.25) is 0 Å². The molecule has 0 aliphatic heterocycles. The molecule has 0 rings (SSSR count). The Hall–Kier alpha value is 5.76. The van der Waals surface area contributed by atoms with E-state index in [0.29, 0.717) is 0 Å². The monoisotopic (exact) mass is 1020 g/mol. The molecular formula is C3H7I7Si3. The molecule has 0 radical (unpaired) electrons. The molecule has 0 saturated heterocycles. The molecule has 0 atom stereocenters. The molecule has 0 aromatic rings. The highest BCUT2D eigenvalue weighted by atomic mass is 127. The Balaban J connectivity index is 5.22. The quantitative estimate of drug-likeness (QED) is 0.174. The van der Waals surface area contributed by atoms with Crippen LogP contribution in [0.2, 0.25) is 5.54 Å². The standard InChI is InChI=1S/C3H7I7Si3/c1-3(2)11(4,12(5,6)7)13(8,9)10/h3H,1-2H3. The lowest BCUT2D eigenvalue weighted by Crippen LogP contribution is -2.61. The number of halogens is 7. The summed E-state index contributed by atoms with van der Waals surface area (Å²) in [6.07, 6.45) is 0. The molecule has 80 valence electrons. The van der Waals surface area contributed by atoms with Crippen molar-refractivity contribution in [1.29, 1.82) is 0 Å². The van der Waals surface area contributed by atoms with Gasteiger partial charge in [0.1, 0.15) is 0 Å². The Labute approximate surface area is 172 Å². The maximum atomic E-state index is 2.90. The second kappa shape index (κ2) is 6.97. The summed E-state index contributed by atoms with van der Waals surface area (Å²) >= 11 is 19.6. The van der Waals surface area contributed by atoms with Crippen molar-refractivity contribution in [3.8, 4) is 0 Å². The van der Waals surface area contributed by atoms with Gasteiger partial charge in [0.25, 0.3) is 0.163 Å². The van der Waals surface area contributed by atoms with Gasteiger partial charge >= 0.3 is 0 Å². The van der Waals surface area contributed by atoms with E-state index in [9.17, 15) is 0 Å². The Bertz CT molecular complexity index is 166. The van der Waals surface area contributed by atoms with Crippen LogP contribution in [0.5, 0.6) is 0 Å². The van der Waals surface area contributed by atoms with Gasteiger partial charge in [0.05, 0.1) is 0 Å². The van der Waals surface area contributed by atoms with Gasteiger partial charge in [-0.15, -0.1) is 21.8 Å². The van der Waals surface area contributed by atoms with Crippen molar-refractivity contribution in [3.05, 3.63) is 0 Å². The first-order valence-electron chi connectivity index (χ1n) is 3.27. The molecule has 0 aliphatic carbocycles. The third kappa shape index (κ3) is 4.98. The number of hydrogen-bond acceptors (Lipinski definition) is 0. The summed E-state index contributed by atoms with van der Waals surface area (Å²) in [5, 5.41) is 0. The summed E-state index contributed by atoms with van der Waals surface area (Å²) in [4.78, 5) is 0. The van der Waals surface area contributed by atoms with Gasteiger partial charge in [-0.25, -0.2) is 0 Å². The minimum absolute atomic E-state index is 0.919. The molecule has 0 aliphatic rings. The Morgan fingerprint density at radius 3 is 0.923 bits per heavy atom. The molecule has 10 heteroatoms. The van der Waals surface area contributed by atoms with E-state index in [4.69, 9.17) is 0 Å². The molecule has 0 saturated carbocycles. The Kier molecular flexibility index (Phi) is 10.1. The summed E-state index contributed by atoms with van der Waals surface area (Å²) in [6, 6.07) is 0. The zero-order chi connectivity index (χ0) is 11.1. The lowest BCUT2D eigenvalue weighted by Gasteiger charge is -2.40. The van der Waals surface area contributed by atoms with Crippen LogP contribution in [-0.4, -0.2) is 4.77 Å². The first-order valence-corrected chi connectivity index (χ1v) is 33.1. The van der Waals surface area contributed by atoms with Crippen molar-refractivity contribution < 1.29 is 0 Å². The van der Waals surface area contributed by atoms with Crippen LogP contribution in [0.4, 0.5) is 0 Å². The van der Waals surface area contributed by atoms with E-state index >= 15 is 0 Å². The number of hydrogen-bond donors (Lipinski definition) is 0. The van der Waals surface area contributed by atoms with Gasteiger partial charge in [-0.1, -0.05) is 145 Å². The summed E-state index contributed by atoms with van der Waals surface area (Å²) in [7, 11) is 0. The smallest absolute Gasteiger partial charge is 0.119 e. The molecule has 0 aromatic carbocycles. The van der Waals surface area contributed by atoms with Crippen LogP contribution in [0.15, 0.2) is 0 Å².